The van der Waals surface area contributed by atoms with Gasteiger partial charge in [0.15, 0.2) is 0 Å². The minimum absolute atomic E-state index is 0.705. The minimum atomic E-state index is 0.705. The molecule has 4 heteroatoms. The Balaban J connectivity index is 2.02. The lowest BCUT2D eigenvalue weighted by Gasteiger charge is -2.12. The second-order valence-electron chi connectivity index (χ2n) is 6.00. The first-order valence-corrected chi connectivity index (χ1v) is 8.41. The van der Waals surface area contributed by atoms with Crippen LogP contribution in [0.15, 0.2) is 53.1 Å². The van der Waals surface area contributed by atoms with Gasteiger partial charge in [0.25, 0.3) is 0 Å². The number of aromatic nitrogens is 1. The van der Waals surface area contributed by atoms with Crippen molar-refractivity contribution in [2.45, 2.75) is 6.42 Å². The number of pyridine rings is 1. The lowest BCUT2D eigenvalue weighted by molar-refractivity contribution is 0.413. The van der Waals surface area contributed by atoms with Crippen LogP contribution in [0.25, 0.3) is 22.0 Å². The maximum absolute atomic E-state index is 6.22. The SMILES string of the molecule is CN(C)CCc1ccc(-c2c(N)cnc3ccc(Br)cc23)cc1. The van der Waals surface area contributed by atoms with Gasteiger partial charge >= 0.3 is 0 Å². The number of anilines is 1. The summed E-state index contributed by atoms with van der Waals surface area (Å²) in [6.45, 7) is 1.05. The Morgan fingerprint density at radius 1 is 1.09 bits per heavy atom. The van der Waals surface area contributed by atoms with E-state index < -0.39 is 0 Å². The van der Waals surface area contributed by atoms with Crippen molar-refractivity contribution in [1.29, 1.82) is 0 Å². The standard InChI is InChI=1S/C19H20BrN3/c1-23(2)10-9-13-3-5-14(6-4-13)19-16-11-15(20)7-8-18(16)22-12-17(19)21/h3-8,11-12H,9-10,21H2,1-2H3. The van der Waals surface area contributed by atoms with Crippen molar-refractivity contribution in [3.05, 3.63) is 58.7 Å². The van der Waals surface area contributed by atoms with E-state index in [0.29, 0.717) is 5.69 Å². The highest BCUT2D eigenvalue weighted by Crippen LogP contribution is 2.34. The van der Waals surface area contributed by atoms with Gasteiger partial charge < -0.3 is 10.6 Å². The molecule has 0 fully saturated rings. The lowest BCUT2D eigenvalue weighted by atomic mass is 9.98. The molecule has 3 rings (SSSR count). The first-order valence-electron chi connectivity index (χ1n) is 7.62. The Morgan fingerprint density at radius 2 is 1.83 bits per heavy atom. The van der Waals surface area contributed by atoms with E-state index in [0.717, 1.165) is 39.5 Å². The van der Waals surface area contributed by atoms with E-state index in [1.807, 2.05) is 12.1 Å². The molecule has 0 aliphatic heterocycles. The molecule has 1 heterocycles. The number of nitrogens with two attached hydrogens (primary N) is 1. The summed E-state index contributed by atoms with van der Waals surface area (Å²) in [5, 5.41) is 1.07. The summed E-state index contributed by atoms with van der Waals surface area (Å²) < 4.78 is 1.03. The number of likely N-dealkylation sites (N-methyl/N-ethyl adjacent to an activating group) is 1. The first kappa shape index (κ1) is 16.0. The van der Waals surface area contributed by atoms with Crippen LogP contribution in [-0.4, -0.2) is 30.5 Å². The van der Waals surface area contributed by atoms with Gasteiger partial charge in [-0.2, -0.15) is 0 Å². The molecule has 0 atom stereocenters. The Morgan fingerprint density at radius 3 is 2.52 bits per heavy atom. The summed E-state index contributed by atoms with van der Waals surface area (Å²) in [6, 6.07) is 14.8. The van der Waals surface area contributed by atoms with Crippen LogP contribution in [0, 0.1) is 0 Å². The molecule has 2 aromatic carbocycles. The molecule has 2 N–H and O–H groups in total. The van der Waals surface area contributed by atoms with Crippen molar-refractivity contribution in [2.24, 2.45) is 0 Å². The van der Waals surface area contributed by atoms with Crippen molar-refractivity contribution in [3.63, 3.8) is 0 Å². The number of rotatable bonds is 4. The average molecular weight is 370 g/mol. The number of nitrogens with zero attached hydrogens (tertiary/aromatic N) is 2. The molecule has 0 saturated heterocycles. The van der Waals surface area contributed by atoms with E-state index >= 15 is 0 Å². The topological polar surface area (TPSA) is 42.1 Å². The van der Waals surface area contributed by atoms with Crippen molar-refractivity contribution in [3.8, 4) is 11.1 Å². The third kappa shape index (κ3) is 3.54. The van der Waals surface area contributed by atoms with E-state index in [4.69, 9.17) is 5.73 Å². The van der Waals surface area contributed by atoms with E-state index in [1.165, 1.54) is 5.56 Å². The Bertz CT molecular complexity index is 821. The molecule has 23 heavy (non-hydrogen) atoms. The third-order valence-corrected chi connectivity index (χ3v) is 4.44. The fourth-order valence-electron chi connectivity index (χ4n) is 2.69. The zero-order valence-electron chi connectivity index (χ0n) is 13.4. The number of nitrogen functional groups attached to an aromatic ring is 1. The second kappa shape index (κ2) is 6.69. The van der Waals surface area contributed by atoms with E-state index in [-0.39, 0.29) is 0 Å². The molecule has 118 valence electrons. The molecule has 3 aromatic rings. The van der Waals surface area contributed by atoms with Crippen LogP contribution in [0.5, 0.6) is 0 Å². The monoisotopic (exact) mass is 369 g/mol. The molecule has 0 aliphatic rings. The van der Waals surface area contributed by atoms with Gasteiger partial charge in [-0.25, -0.2) is 0 Å². The number of hydrogen-bond donors (Lipinski definition) is 1. The van der Waals surface area contributed by atoms with Crippen LogP contribution in [0.3, 0.4) is 0 Å². The molecule has 0 amide bonds. The van der Waals surface area contributed by atoms with Crippen molar-refractivity contribution in [2.75, 3.05) is 26.4 Å². The largest absolute Gasteiger partial charge is 0.397 e. The maximum Gasteiger partial charge on any atom is 0.0710 e. The zero-order chi connectivity index (χ0) is 16.4. The summed E-state index contributed by atoms with van der Waals surface area (Å²) >= 11 is 3.54. The quantitative estimate of drug-likeness (QED) is 0.743. The summed E-state index contributed by atoms with van der Waals surface area (Å²) in [5.74, 6) is 0. The van der Waals surface area contributed by atoms with Crippen LogP contribution in [0.4, 0.5) is 5.69 Å². The van der Waals surface area contributed by atoms with Gasteiger partial charge in [-0.05, 0) is 49.8 Å². The molecule has 0 aliphatic carbocycles. The van der Waals surface area contributed by atoms with Gasteiger partial charge in [0.2, 0.25) is 0 Å². The number of fused-ring (bicyclic) bond motifs is 1. The number of hydrogen-bond acceptors (Lipinski definition) is 3. The smallest absolute Gasteiger partial charge is 0.0710 e. The summed E-state index contributed by atoms with van der Waals surface area (Å²) in [4.78, 5) is 6.62. The molecular formula is C19H20BrN3. The van der Waals surface area contributed by atoms with Crippen LogP contribution >= 0.6 is 15.9 Å². The second-order valence-corrected chi connectivity index (χ2v) is 6.92. The third-order valence-electron chi connectivity index (χ3n) is 3.95. The molecule has 0 spiro atoms. The molecule has 0 unspecified atom stereocenters. The van der Waals surface area contributed by atoms with Crippen molar-refractivity contribution in [1.82, 2.24) is 9.88 Å². The van der Waals surface area contributed by atoms with E-state index in [2.05, 4.69) is 70.2 Å². The zero-order valence-corrected chi connectivity index (χ0v) is 15.0. The van der Waals surface area contributed by atoms with Crippen LogP contribution in [0.2, 0.25) is 0 Å². The molecular weight excluding hydrogens is 350 g/mol. The average Bonchev–Trinajstić information content (AvgIpc) is 2.53. The summed E-state index contributed by atoms with van der Waals surface area (Å²) in [7, 11) is 4.19. The number of benzene rings is 2. The molecule has 0 saturated carbocycles. The van der Waals surface area contributed by atoms with Crippen molar-refractivity contribution < 1.29 is 0 Å². The van der Waals surface area contributed by atoms with Gasteiger partial charge in [-0.15, -0.1) is 0 Å². The highest BCUT2D eigenvalue weighted by atomic mass is 79.9. The normalized spacial score (nSPS) is 11.3. The highest BCUT2D eigenvalue weighted by Gasteiger charge is 2.10. The number of halogens is 1. The van der Waals surface area contributed by atoms with Crippen LogP contribution in [-0.2, 0) is 6.42 Å². The maximum atomic E-state index is 6.22. The van der Waals surface area contributed by atoms with Gasteiger partial charge in [-0.3, -0.25) is 4.98 Å². The van der Waals surface area contributed by atoms with Gasteiger partial charge in [0.05, 0.1) is 17.4 Å². The van der Waals surface area contributed by atoms with Crippen LogP contribution in [0.1, 0.15) is 5.56 Å². The Hall–Kier alpha value is -1.91. The predicted molar refractivity (Wildman–Crippen MR) is 102 cm³/mol. The van der Waals surface area contributed by atoms with Gasteiger partial charge in [0, 0.05) is 22.0 Å². The van der Waals surface area contributed by atoms with E-state index in [1.54, 1.807) is 6.20 Å². The summed E-state index contributed by atoms with van der Waals surface area (Å²) in [5.41, 5.74) is 11.4. The predicted octanol–water partition coefficient (Wildman–Crippen LogP) is 4.35. The fraction of sp³-hybridized carbons (Fsp3) is 0.211. The van der Waals surface area contributed by atoms with Gasteiger partial charge in [-0.1, -0.05) is 40.2 Å². The molecule has 3 nitrogen and oxygen atoms in total. The lowest BCUT2D eigenvalue weighted by Crippen LogP contribution is -2.14. The summed E-state index contributed by atoms with van der Waals surface area (Å²) in [6.07, 6.45) is 2.79. The Kier molecular flexibility index (Phi) is 4.64. The minimum Gasteiger partial charge on any atom is -0.397 e. The first-order chi connectivity index (χ1) is 11.0. The molecule has 0 radical (unpaired) electrons. The molecule has 1 aromatic heterocycles. The highest BCUT2D eigenvalue weighted by molar-refractivity contribution is 9.10. The van der Waals surface area contributed by atoms with Crippen molar-refractivity contribution >= 4 is 32.5 Å². The molecule has 0 bridgehead atoms. The Labute approximate surface area is 145 Å². The fourth-order valence-corrected chi connectivity index (χ4v) is 3.05. The van der Waals surface area contributed by atoms with Crippen LogP contribution < -0.4 is 5.73 Å². The van der Waals surface area contributed by atoms with E-state index in [9.17, 15) is 0 Å². The van der Waals surface area contributed by atoms with Gasteiger partial charge in [0.1, 0.15) is 0 Å².